The highest BCUT2D eigenvalue weighted by Crippen LogP contribution is 2.37. The fraction of sp³-hybridized carbons (Fsp3) is 0.474. The average Bonchev–Trinajstić information content (AvgIpc) is 3.08. The Hall–Kier alpha value is -2.58. The molecule has 1 amide bonds. The van der Waals surface area contributed by atoms with Gasteiger partial charge in [0.25, 0.3) is 5.91 Å². The van der Waals surface area contributed by atoms with Crippen LogP contribution in [0.4, 0.5) is 29.1 Å². The Balaban J connectivity index is 2.00. The standard InChI is InChI=1S/C19H22F4N4O/c1-4-26-11-24-16-17(26)25(3)15(10-5-12(2)19(21,22)23)27(18(16)28)14-8-6-13(20)7-9-14/h6-9,11-12,15H,4-5,10H2,1-3H3. The van der Waals surface area contributed by atoms with Gasteiger partial charge in [-0.3, -0.25) is 9.69 Å². The highest BCUT2D eigenvalue weighted by Gasteiger charge is 2.42. The molecule has 28 heavy (non-hydrogen) atoms. The maximum absolute atomic E-state index is 13.3. The van der Waals surface area contributed by atoms with Crippen LogP contribution in [0.15, 0.2) is 30.6 Å². The third-order valence-electron chi connectivity index (χ3n) is 5.17. The van der Waals surface area contributed by atoms with E-state index in [1.807, 2.05) is 6.92 Å². The van der Waals surface area contributed by atoms with E-state index in [0.717, 1.165) is 6.92 Å². The van der Waals surface area contributed by atoms with E-state index in [9.17, 15) is 22.4 Å². The van der Waals surface area contributed by atoms with Crippen molar-refractivity contribution in [3.05, 3.63) is 42.1 Å². The van der Waals surface area contributed by atoms with Crippen molar-refractivity contribution >= 4 is 17.4 Å². The van der Waals surface area contributed by atoms with Crippen molar-refractivity contribution in [3.63, 3.8) is 0 Å². The summed E-state index contributed by atoms with van der Waals surface area (Å²) in [6, 6.07) is 5.34. The van der Waals surface area contributed by atoms with Crippen molar-refractivity contribution in [3.8, 4) is 0 Å². The Morgan fingerprint density at radius 3 is 2.43 bits per heavy atom. The molecule has 0 spiro atoms. The molecule has 0 fully saturated rings. The zero-order valence-corrected chi connectivity index (χ0v) is 15.9. The number of benzene rings is 1. The minimum atomic E-state index is -4.30. The van der Waals surface area contributed by atoms with Crippen molar-refractivity contribution in [2.24, 2.45) is 5.92 Å². The molecule has 0 saturated heterocycles. The van der Waals surface area contributed by atoms with Gasteiger partial charge in [0, 0.05) is 19.3 Å². The molecular formula is C19H22F4N4O. The van der Waals surface area contributed by atoms with Crippen LogP contribution in [0.5, 0.6) is 0 Å². The third kappa shape index (κ3) is 3.57. The molecule has 9 heteroatoms. The lowest BCUT2D eigenvalue weighted by molar-refractivity contribution is -0.171. The van der Waals surface area contributed by atoms with Crippen LogP contribution in [0.2, 0.25) is 0 Å². The second-order valence-corrected chi connectivity index (χ2v) is 6.97. The van der Waals surface area contributed by atoms with E-state index in [-0.39, 0.29) is 18.5 Å². The number of amides is 1. The molecule has 2 aromatic rings. The maximum Gasteiger partial charge on any atom is 0.391 e. The van der Waals surface area contributed by atoms with Gasteiger partial charge in [-0.25, -0.2) is 9.37 Å². The summed E-state index contributed by atoms with van der Waals surface area (Å²) in [7, 11) is 1.73. The van der Waals surface area contributed by atoms with Gasteiger partial charge >= 0.3 is 6.18 Å². The number of aromatic nitrogens is 2. The van der Waals surface area contributed by atoms with Gasteiger partial charge in [-0.1, -0.05) is 6.92 Å². The van der Waals surface area contributed by atoms with Gasteiger partial charge in [0.05, 0.1) is 12.2 Å². The Morgan fingerprint density at radius 2 is 1.86 bits per heavy atom. The second kappa shape index (κ2) is 7.44. The van der Waals surface area contributed by atoms with Crippen molar-refractivity contribution in [1.29, 1.82) is 0 Å². The fourth-order valence-electron chi connectivity index (χ4n) is 3.47. The third-order valence-corrected chi connectivity index (χ3v) is 5.17. The summed E-state index contributed by atoms with van der Waals surface area (Å²) in [5.41, 5.74) is 0.647. The minimum Gasteiger partial charge on any atom is -0.338 e. The molecule has 2 unspecified atom stereocenters. The number of nitrogens with zero attached hydrogens (tertiary/aromatic N) is 4. The maximum atomic E-state index is 13.3. The molecule has 0 bridgehead atoms. The van der Waals surface area contributed by atoms with Gasteiger partial charge in [0.2, 0.25) is 0 Å². The zero-order valence-electron chi connectivity index (χ0n) is 15.9. The van der Waals surface area contributed by atoms with Crippen LogP contribution in [0.3, 0.4) is 0 Å². The number of imidazole rings is 1. The summed E-state index contributed by atoms with van der Waals surface area (Å²) in [5.74, 6) is -1.78. The Bertz CT molecular complexity index is 847. The summed E-state index contributed by atoms with van der Waals surface area (Å²) >= 11 is 0. The molecule has 2 heterocycles. The number of aryl methyl sites for hydroxylation is 1. The molecule has 1 aliphatic rings. The first-order chi connectivity index (χ1) is 13.1. The number of hydrogen-bond acceptors (Lipinski definition) is 3. The van der Waals surface area contributed by atoms with Crippen LogP contribution >= 0.6 is 0 Å². The molecule has 152 valence electrons. The van der Waals surface area contributed by atoms with Crippen LogP contribution in [-0.4, -0.2) is 34.8 Å². The van der Waals surface area contributed by atoms with E-state index in [4.69, 9.17) is 0 Å². The van der Waals surface area contributed by atoms with Crippen molar-refractivity contribution in [1.82, 2.24) is 9.55 Å². The summed E-state index contributed by atoms with van der Waals surface area (Å²) in [6.45, 7) is 3.60. The number of carbonyl (C=O) groups is 1. The average molecular weight is 398 g/mol. The lowest BCUT2D eigenvalue weighted by Gasteiger charge is -2.43. The highest BCUT2D eigenvalue weighted by molar-refractivity contribution is 6.10. The van der Waals surface area contributed by atoms with E-state index in [1.165, 1.54) is 29.2 Å². The lowest BCUT2D eigenvalue weighted by Crippen LogP contribution is -2.55. The Labute approximate surface area is 160 Å². The molecule has 0 N–H and O–H groups in total. The number of alkyl halides is 3. The van der Waals surface area contributed by atoms with E-state index in [2.05, 4.69) is 4.98 Å². The van der Waals surface area contributed by atoms with Gasteiger partial charge in [0.1, 0.15) is 17.8 Å². The van der Waals surface area contributed by atoms with Crippen molar-refractivity contribution < 1.29 is 22.4 Å². The molecule has 0 aliphatic carbocycles. The number of anilines is 2. The van der Waals surface area contributed by atoms with Crippen molar-refractivity contribution in [2.75, 3.05) is 16.8 Å². The quantitative estimate of drug-likeness (QED) is 0.699. The minimum absolute atomic E-state index is 0.106. The van der Waals surface area contributed by atoms with E-state index in [0.29, 0.717) is 18.1 Å². The van der Waals surface area contributed by atoms with Gasteiger partial charge < -0.3 is 9.47 Å². The van der Waals surface area contributed by atoms with Crippen LogP contribution in [0.1, 0.15) is 37.2 Å². The molecule has 2 atom stereocenters. The summed E-state index contributed by atoms with van der Waals surface area (Å²) in [6.07, 6.45) is -3.43. The first-order valence-electron chi connectivity index (χ1n) is 9.09. The first kappa shape index (κ1) is 20.2. The topological polar surface area (TPSA) is 41.4 Å². The van der Waals surface area contributed by atoms with Crippen LogP contribution in [0, 0.1) is 11.7 Å². The van der Waals surface area contributed by atoms with Crippen LogP contribution < -0.4 is 9.80 Å². The summed E-state index contributed by atoms with van der Waals surface area (Å²) in [5, 5.41) is 0. The van der Waals surface area contributed by atoms with Gasteiger partial charge in [-0.15, -0.1) is 0 Å². The van der Waals surface area contributed by atoms with E-state index < -0.39 is 30.0 Å². The fourth-order valence-corrected chi connectivity index (χ4v) is 3.47. The van der Waals surface area contributed by atoms with Gasteiger partial charge in [0.15, 0.2) is 5.69 Å². The molecular weight excluding hydrogens is 376 g/mol. The van der Waals surface area contributed by atoms with Gasteiger partial charge in [-0.05, 0) is 44.0 Å². The normalized spacial score (nSPS) is 18.4. The number of halogens is 4. The molecule has 1 aromatic heterocycles. The summed E-state index contributed by atoms with van der Waals surface area (Å²) < 4.78 is 54.1. The van der Waals surface area contributed by atoms with E-state index in [1.54, 1.807) is 22.8 Å². The number of carbonyl (C=O) groups excluding carboxylic acids is 1. The molecule has 0 saturated carbocycles. The number of hydrogen-bond donors (Lipinski definition) is 0. The molecule has 5 nitrogen and oxygen atoms in total. The Kier molecular flexibility index (Phi) is 5.36. The predicted octanol–water partition coefficient (Wildman–Crippen LogP) is 4.44. The SMILES string of the molecule is CCn1cnc2c1N(C)C(CCC(C)C(F)(F)F)N(c1ccc(F)cc1)C2=O. The smallest absolute Gasteiger partial charge is 0.338 e. The molecule has 1 aromatic carbocycles. The van der Waals surface area contributed by atoms with Crippen LogP contribution in [0.25, 0.3) is 0 Å². The van der Waals surface area contributed by atoms with E-state index >= 15 is 0 Å². The molecule has 0 radical (unpaired) electrons. The zero-order chi connectivity index (χ0) is 20.6. The Morgan fingerprint density at radius 1 is 1.21 bits per heavy atom. The predicted molar refractivity (Wildman–Crippen MR) is 97.8 cm³/mol. The second-order valence-electron chi connectivity index (χ2n) is 6.97. The van der Waals surface area contributed by atoms with Gasteiger partial charge in [-0.2, -0.15) is 13.2 Å². The van der Waals surface area contributed by atoms with Crippen molar-refractivity contribution in [2.45, 2.75) is 45.6 Å². The lowest BCUT2D eigenvalue weighted by atomic mass is 10.0. The first-order valence-corrected chi connectivity index (χ1v) is 9.09. The summed E-state index contributed by atoms with van der Waals surface area (Å²) in [4.78, 5) is 20.5. The number of rotatable bonds is 5. The molecule has 1 aliphatic heterocycles. The van der Waals surface area contributed by atoms with Crippen LogP contribution in [-0.2, 0) is 6.54 Å². The highest BCUT2D eigenvalue weighted by atomic mass is 19.4. The monoisotopic (exact) mass is 398 g/mol. The molecule has 3 rings (SSSR count). The number of fused-ring (bicyclic) bond motifs is 1. The largest absolute Gasteiger partial charge is 0.391 e.